The summed E-state index contributed by atoms with van der Waals surface area (Å²) in [6.45, 7) is 0.771. The first kappa shape index (κ1) is 13.9. The molecule has 16 heavy (non-hydrogen) atoms. The van der Waals surface area contributed by atoms with Crippen molar-refractivity contribution in [3.05, 3.63) is 16.3 Å². The highest BCUT2D eigenvalue weighted by atomic mass is 32.2. The Balaban J connectivity index is 2.11. The normalized spacial score (nSPS) is 10.4. The Hall–Kier alpha value is -0.130. The zero-order chi connectivity index (χ0) is 11.8. The Morgan fingerprint density at radius 3 is 2.94 bits per heavy atom. The zero-order valence-electron chi connectivity index (χ0n) is 9.36. The second-order valence-electron chi connectivity index (χ2n) is 3.48. The van der Waals surface area contributed by atoms with E-state index in [1.165, 1.54) is 29.9 Å². The first-order valence-corrected chi connectivity index (χ1v) is 8.00. The minimum atomic E-state index is 0.0233. The molecule has 0 fully saturated rings. The number of nitrogens with one attached hydrogen (secondary N) is 1. The highest BCUT2D eigenvalue weighted by molar-refractivity contribution is 7.98. The summed E-state index contributed by atoms with van der Waals surface area (Å²) < 4.78 is 0. The number of carbonyl (C=O) groups is 1. The number of thiol groups is 1. The largest absolute Gasteiger partial charge is 0.351 e. The van der Waals surface area contributed by atoms with E-state index in [1.807, 2.05) is 17.1 Å². The molecule has 1 rings (SSSR count). The summed E-state index contributed by atoms with van der Waals surface area (Å²) in [6, 6.07) is 1.80. The summed E-state index contributed by atoms with van der Waals surface area (Å²) in [5.74, 6) is 1.23. The maximum absolute atomic E-state index is 11.6. The van der Waals surface area contributed by atoms with Gasteiger partial charge in [0.15, 0.2) is 0 Å². The van der Waals surface area contributed by atoms with E-state index < -0.39 is 0 Å². The minimum Gasteiger partial charge on any atom is -0.351 e. The molecule has 0 saturated heterocycles. The van der Waals surface area contributed by atoms with Gasteiger partial charge in [-0.1, -0.05) is 6.42 Å². The van der Waals surface area contributed by atoms with Crippen molar-refractivity contribution < 1.29 is 4.79 Å². The van der Waals surface area contributed by atoms with Crippen molar-refractivity contribution in [2.75, 3.05) is 18.6 Å². The minimum absolute atomic E-state index is 0.0233. The van der Waals surface area contributed by atoms with E-state index in [2.05, 4.69) is 24.2 Å². The smallest absolute Gasteiger partial charge is 0.261 e. The van der Waals surface area contributed by atoms with Crippen LogP contribution in [-0.4, -0.2) is 24.5 Å². The van der Waals surface area contributed by atoms with Crippen molar-refractivity contribution in [3.63, 3.8) is 0 Å². The lowest BCUT2D eigenvalue weighted by Gasteiger charge is -2.02. The van der Waals surface area contributed by atoms with Crippen LogP contribution in [0.1, 0.15) is 28.9 Å². The summed E-state index contributed by atoms with van der Waals surface area (Å²) in [4.78, 5) is 13.2. The summed E-state index contributed by atoms with van der Waals surface area (Å²) in [7, 11) is 0. The molecule has 0 aromatic carbocycles. The Morgan fingerprint density at radius 2 is 2.31 bits per heavy atom. The quantitative estimate of drug-likeness (QED) is 0.590. The number of hydrogen-bond acceptors (Lipinski definition) is 4. The van der Waals surface area contributed by atoms with Gasteiger partial charge in [-0.05, 0) is 30.9 Å². The third-order valence-electron chi connectivity index (χ3n) is 2.12. The van der Waals surface area contributed by atoms with Gasteiger partial charge in [-0.3, -0.25) is 4.79 Å². The molecule has 0 unspecified atom stereocenters. The van der Waals surface area contributed by atoms with E-state index in [9.17, 15) is 4.79 Å². The number of rotatable bonds is 7. The average Bonchev–Trinajstić information content (AvgIpc) is 2.70. The molecule has 0 saturated carbocycles. The molecule has 1 aromatic heterocycles. The van der Waals surface area contributed by atoms with Crippen molar-refractivity contribution in [1.29, 1.82) is 0 Å². The molecular formula is C11H17NOS3. The van der Waals surface area contributed by atoms with Gasteiger partial charge in [0.05, 0.1) is 4.88 Å². The van der Waals surface area contributed by atoms with Gasteiger partial charge in [0, 0.05) is 16.8 Å². The van der Waals surface area contributed by atoms with Crippen LogP contribution in [0.5, 0.6) is 0 Å². The fraction of sp³-hybridized carbons (Fsp3) is 0.545. The van der Waals surface area contributed by atoms with Gasteiger partial charge in [0.25, 0.3) is 5.91 Å². The lowest BCUT2D eigenvalue weighted by atomic mass is 10.2. The van der Waals surface area contributed by atoms with Gasteiger partial charge in [-0.25, -0.2) is 0 Å². The molecule has 1 heterocycles. The molecule has 0 atom stereocenters. The molecule has 0 aliphatic carbocycles. The van der Waals surface area contributed by atoms with Gasteiger partial charge in [-0.15, -0.1) is 24.0 Å². The summed E-state index contributed by atoms with van der Waals surface area (Å²) in [6.07, 6.45) is 5.60. The molecule has 0 aliphatic heterocycles. The SMILES string of the molecule is CSCCCCCNC(=O)c1cc(S)cs1. The van der Waals surface area contributed by atoms with Crippen LogP contribution >= 0.6 is 35.7 Å². The second kappa shape index (κ2) is 8.03. The molecule has 0 radical (unpaired) electrons. The van der Waals surface area contributed by atoms with E-state index in [4.69, 9.17) is 0 Å². The highest BCUT2D eigenvalue weighted by Crippen LogP contribution is 2.17. The van der Waals surface area contributed by atoms with Crippen LogP contribution in [0.25, 0.3) is 0 Å². The molecular weight excluding hydrogens is 258 g/mol. The monoisotopic (exact) mass is 275 g/mol. The van der Waals surface area contributed by atoms with E-state index in [-0.39, 0.29) is 5.91 Å². The van der Waals surface area contributed by atoms with Gasteiger partial charge in [-0.2, -0.15) is 11.8 Å². The molecule has 90 valence electrons. The van der Waals surface area contributed by atoms with E-state index in [0.29, 0.717) is 0 Å². The second-order valence-corrected chi connectivity index (χ2v) is 5.89. The standard InChI is InChI=1S/C11H17NOS3/c1-15-6-4-2-3-5-12-11(13)10-7-9(14)8-16-10/h7-8,14H,2-6H2,1H3,(H,12,13). The Kier molecular flexibility index (Phi) is 7.00. The van der Waals surface area contributed by atoms with Gasteiger partial charge < -0.3 is 5.32 Å². The maximum Gasteiger partial charge on any atom is 0.261 e. The number of thiophene rings is 1. The maximum atomic E-state index is 11.6. The van der Waals surface area contributed by atoms with Crippen molar-refractivity contribution in [2.24, 2.45) is 0 Å². The van der Waals surface area contributed by atoms with Crippen molar-refractivity contribution in [2.45, 2.75) is 24.2 Å². The Morgan fingerprint density at radius 1 is 1.50 bits per heavy atom. The molecule has 5 heteroatoms. The van der Waals surface area contributed by atoms with Crippen LogP contribution in [0, 0.1) is 0 Å². The van der Waals surface area contributed by atoms with Crippen molar-refractivity contribution in [3.8, 4) is 0 Å². The number of amides is 1. The summed E-state index contributed by atoms with van der Waals surface area (Å²) in [5.41, 5.74) is 0. The van der Waals surface area contributed by atoms with Gasteiger partial charge in [0.1, 0.15) is 0 Å². The zero-order valence-corrected chi connectivity index (χ0v) is 11.9. The fourth-order valence-corrected chi connectivity index (χ4v) is 2.84. The molecule has 1 N–H and O–H groups in total. The molecule has 1 aromatic rings. The number of thioether (sulfide) groups is 1. The number of hydrogen-bond donors (Lipinski definition) is 2. The van der Waals surface area contributed by atoms with Crippen LogP contribution < -0.4 is 5.32 Å². The Labute approximate surface area is 111 Å². The Bertz CT molecular complexity index is 325. The van der Waals surface area contributed by atoms with Gasteiger partial charge in [0.2, 0.25) is 0 Å². The lowest BCUT2D eigenvalue weighted by Crippen LogP contribution is -2.23. The van der Waals surface area contributed by atoms with Crippen LogP contribution in [0.3, 0.4) is 0 Å². The first-order valence-electron chi connectivity index (χ1n) is 5.28. The summed E-state index contributed by atoms with van der Waals surface area (Å²) >= 11 is 7.48. The number of carbonyl (C=O) groups excluding carboxylic acids is 1. The van der Waals surface area contributed by atoms with Crippen molar-refractivity contribution >= 4 is 41.6 Å². The lowest BCUT2D eigenvalue weighted by molar-refractivity contribution is 0.0957. The predicted octanol–water partition coefficient (Wildman–Crippen LogP) is 3.30. The topological polar surface area (TPSA) is 29.1 Å². The number of unbranched alkanes of at least 4 members (excludes halogenated alkanes) is 2. The van der Waals surface area contributed by atoms with E-state index in [1.54, 1.807) is 6.07 Å². The van der Waals surface area contributed by atoms with E-state index in [0.717, 1.165) is 22.7 Å². The van der Waals surface area contributed by atoms with E-state index >= 15 is 0 Å². The third kappa shape index (κ3) is 5.27. The van der Waals surface area contributed by atoms with Crippen molar-refractivity contribution in [1.82, 2.24) is 5.32 Å². The molecule has 0 aliphatic rings. The molecule has 1 amide bonds. The fourth-order valence-electron chi connectivity index (χ4n) is 1.28. The summed E-state index contributed by atoms with van der Waals surface area (Å²) in [5, 5.41) is 4.79. The first-order chi connectivity index (χ1) is 7.74. The molecule has 0 spiro atoms. The van der Waals surface area contributed by atoms with Crippen LogP contribution in [0.15, 0.2) is 16.3 Å². The highest BCUT2D eigenvalue weighted by Gasteiger charge is 2.06. The predicted molar refractivity (Wildman–Crippen MR) is 76.1 cm³/mol. The third-order valence-corrected chi connectivity index (χ3v) is 4.18. The molecule has 0 bridgehead atoms. The van der Waals surface area contributed by atoms with Crippen LogP contribution in [0.4, 0.5) is 0 Å². The van der Waals surface area contributed by atoms with Gasteiger partial charge >= 0.3 is 0 Å². The van der Waals surface area contributed by atoms with Crippen LogP contribution in [-0.2, 0) is 0 Å². The van der Waals surface area contributed by atoms with Crippen LogP contribution in [0.2, 0.25) is 0 Å². The molecule has 2 nitrogen and oxygen atoms in total. The average molecular weight is 275 g/mol.